The van der Waals surface area contributed by atoms with Crippen LogP contribution < -0.4 is 10.6 Å². The van der Waals surface area contributed by atoms with Crippen molar-refractivity contribution in [3.05, 3.63) is 11.8 Å². The topological polar surface area (TPSA) is 78.4 Å². The number of hydrogen-bond donors (Lipinski definition) is 3. The van der Waals surface area contributed by atoms with E-state index in [0.29, 0.717) is 5.92 Å². The van der Waals surface area contributed by atoms with E-state index in [1.54, 1.807) is 20.0 Å². The first-order valence-corrected chi connectivity index (χ1v) is 6.88. The molecular weight excluding hydrogens is 244 g/mol. The highest BCUT2D eigenvalue weighted by molar-refractivity contribution is 5.83. The Bertz CT molecular complexity index is 358. The minimum absolute atomic E-state index is 0.150. The Morgan fingerprint density at radius 3 is 2.32 bits per heavy atom. The smallest absolute Gasteiger partial charge is 0.326 e. The van der Waals surface area contributed by atoms with Gasteiger partial charge in [0.2, 0.25) is 0 Å². The van der Waals surface area contributed by atoms with Crippen molar-refractivity contribution in [1.29, 1.82) is 0 Å². The quantitative estimate of drug-likeness (QED) is 0.716. The van der Waals surface area contributed by atoms with E-state index >= 15 is 0 Å². The molecule has 1 rings (SSSR count). The molecule has 108 valence electrons. The summed E-state index contributed by atoms with van der Waals surface area (Å²) >= 11 is 0. The molecule has 1 saturated carbocycles. The molecule has 3 N–H and O–H groups in total. The highest BCUT2D eigenvalue weighted by Crippen LogP contribution is 2.30. The van der Waals surface area contributed by atoms with Crippen LogP contribution in [0, 0.1) is 11.8 Å². The largest absolute Gasteiger partial charge is 0.480 e. The lowest BCUT2D eigenvalue weighted by Gasteiger charge is -2.18. The summed E-state index contributed by atoms with van der Waals surface area (Å²) in [5.74, 6) is -0.606. The second-order valence-electron chi connectivity index (χ2n) is 5.55. The molecule has 1 unspecified atom stereocenters. The van der Waals surface area contributed by atoms with Crippen molar-refractivity contribution in [1.82, 2.24) is 10.6 Å². The second-order valence-corrected chi connectivity index (χ2v) is 5.55. The Morgan fingerprint density at radius 1 is 1.26 bits per heavy atom. The Balaban J connectivity index is 2.45. The summed E-state index contributed by atoms with van der Waals surface area (Å²) in [5.41, 5.74) is 1.16. The summed E-state index contributed by atoms with van der Waals surface area (Å²) in [7, 11) is 0. The van der Waals surface area contributed by atoms with Crippen LogP contribution in [0.4, 0.5) is 4.79 Å². The predicted octanol–water partition coefficient (Wildman–Crippen LogP) is 2.49. The number of carboxylic acid groups (broad SMARTS) is 1. The van der Waals surface area contributed by atoms with Gasteiger partial charge in [0, 0.05) is 6.20 Å². The zero-order valence-corrected chi connectivity index (χ0v) is 11.9. The van der Waals surface area contributed by atoms with Gasteiger partial charge in [-0.3, -0.25) is 0 Å². The van der Waals surface area contributed by atoms with Gasteiger partial charge in [-0.25, -0.2) is 9.59 Å². The second kappa shape index (κ2) is 7.16. The summed E-state index contributed by atoms with van der Waals surface area (Å²) < 4.78 is 0. The molecule has 0 aromatic rings. The Kier molecular flexibility index (Phi) is 5.86. The molecule has 1 aliphatic rings. The SMILES string of the molecule is C/C(=C\NC(=O)NC(C(=O)O)C(C)C)C1CCCC1. The van der Waals surface area contributed by atoms with Crippen LogP contribution in [0.5, 0.6) is 0 Å². The lowest BCUT2D eigenvalue weighted by molar-refractivity contribution is -0.140. The van der Waals surface area contributed by atoms with Crippen molar-refractivity contribution < 1.29 is 14.7 Å². The summed E-state index contributed by atoms with van der Waals surface area (Å²) in [4.78, 5) is 22.6. The van der Waals surface area contributed by atoms with Crippen molar-refractivity contribution in [2.24, 2.45) is 11.8 Å². The summed E-state index contributed by atoms with van der Waals surface area (Å²) in [6.45, 7) is 5.53. The molecule has 0 saturated heterocycles. The van der Waals surface area contributed by atoms with Gasteiger partial charge in [-0.2, -0.15) is 0 Å². The van der Waals surface area contributed by atoms with Crippen LogP contribution in [-0.4, -0.2) is 23.1 Å². The molecule has 0 radical (unpaired) electrons. The van der Waals surface area contributed by atoms with Crippen molar-refractivity contribution >= 4 is 12.0 Å². The van der Waals surface area contributed by atoms with Gasteiger partial charge in [0.15, 0.2) is 0 Å². The van der Waals surface area contributed by atoms with Crippen LogP contribution in [0.15, 0.2) is 11.8 Å². The van der Waals surface area contributed by atoms with Gasteiger partial charge in [-0.05, 0) is 31.6 Å². The third-order valence-corrected chi connectivity index (χ3v) is 3.65. The average molecular weight is 268 g/mol. The molecule has 0 aromatic heterocycles. The van der Waals surface area contributed by atoms with Gasteiger partial charge < -0.3 is 15.7 Å². The minimum atomic E-state index is -1.01. The van der Waals surface area contributed by atoms with E-state index in [2.05, 4.69) is 10.6 Å². The first kappa shape index (κ1) is 15.5. The van der Waals surface area contributed by atoms with Crippen molar-refractivity contribution in [3.63, 3.8) is 0 Å². The van der Waals surface area contributed by atoms with Gasteiger partial charge in [0.25, 0.3) is 0 Å². The van der Waals surface area contributed by atoms with Crippen molar-refractivity contribution in [3.8, 4) is 0 Å². The van der Waals surface area contributed by atoms with E-state index in [1.165, 1.54) is 25.7 Å². The third-order valence-electron chi connectivity index (χ3n) is 3.65. The number of hydrogen-bond acceptors (Lipinski definition) is 2. The fraction of sp³-hybridized carbons (Fsp3) is 0.714. The van der Waals surface area contributed by atoms with E-state index in [-0.39, 0.29) is 5.92 Å². The molecule has 19 heavy (non-hydrogen) atoms. The van der Waals surface area contributed by atoms with Crippen molar-refractivity contribution in [2.45, 2.75) is 52.5 Å². The van der Waals surface area contributed by atoms with Gasteiger partial charge in [0.1, 0.15) is 6.04 Å². The number of carbonyl (C=O) groups is 2. The van der Waals surface area contributed by atoms with Gasteiger partial charge in [0.05, 0.1) is 0 Å². The molecule has 0 heterocycles. The Labute approximate surface area is 114 Å². The highest BCUT2D eigenvalue weighted by atomic mass is 16.4. The number of aliphatic carboxylic acids is 1. The molecule has 0 aromatic carbocycles. The molecule has 0 bridgehead atoms. The monoisotopic (exact) mass is 268 g/mol. The molecule has 5 heteroatoms. The summed E-state index contributed by atoms with van der Waals surface area (Å²) in [6.07, 6.45) is 6.54. The number of urea groups is 1. The van der Waals surface area contributed by atoms with Gasteiger partial charge in [-0.15, -0.1) is 0 Å². The van der Waals surface area contributed by atoms with Gasteiger partial charge in [-0.1, -0.05) is 32.3 Å². The highest BCUT2D eigenvalue weighted by Gasteiger charge is 2.23. The maximum atomic E-state index is 11.7. The first-order chi connectivity index (χ1) is 8.91. The fourth-order valence-electron chi connectivity index (χ4n) is 2.37. The van der Waals surface area contributed by atoms with E-state index < -0.39 is 18.0 Å². The Morgan fingerprint density at radius 2 is 1.84 bits per heavy atom. The standard InChI is InChI=1S/C14H24N2O3/c1-9(2)12(13(17)18)16-14(19)15-8-10(3)11-6-4-5-7-11/h8-9,11-12H,4-7H2,1-3H3,(H,17,18)(H2,15,16,19)/b10-8+. The van der Waals surface area contributed by atoms with Crippen LogP contribution >= 0.6 is 0 Å². The fourth-order valence-corrected chi connectivity index (χ4v) is 2.37. The number of amides is 2. The van der Waals surface area contributed by atoms with E-state index in [4.69, 9.17) is 5.11 Å². The lowest BCUT2D eigenvalue weighted by Crippen LogP contribution is -2.47. The van der Waals surface area contributed by atoms with E-state index in [0.717, 1.165) is 5.57 Å². The molecular formula is C14H24N2O3. The van der Waals surface area contributed by atoms with E-state index in [1.807, 2.05) is 6.92 Å². The third kappa shape index (κ3) is 4.93. The lowest BCUT2D eigenvalue weighted by atomic mass is 10.0. The van der Waals surface area contributed by atoms with Crippen molar-refractivity contribution in [2.75, 3.05) is 0 Å². The normalized spacial score (nSPS) is 18.4. The number of carbonyl (C=O) groups excluding carboxylic acids is 1. The van der Waals surface area contributed by atoms with Crippen LogP contribution in [-0.2, 0) is 4.79 Å². The molecule has 1 atom stereocenters. The van der Waals surface area contributed by atoms with Crippen LogP contribution in [0.25, 0.3) is 0 Å². The average Bonchev–Trinajstić information content (AvgIpc) is 2.85. The molecule has 5 nitrogen and oxygen atoms in total. The number of nitrogens with one attached hydrogen (secondary N) is 2. The number of rotatable bonds is 5. The van der Waals surface area contributed by atoms with Gasteiger partial charge >= 0.3 is 12.0 Å². The molecule has 1 fully saturated rings. The number of carboxylic acids is 1. The molecule has 0 aliphatic heterocycles. The van der Waals surface area contributed by atoms with Crippen LogP contribution in [0.2, 0.25) is 0 Å². The maximum Gasteiger partial charge on any atom is 0.326 e. The molecule has 0 spiro atoms. The van der Waals surface area contributed by atoms with Crippen LogP contribution in [0.1, 0.15) is 46.5 Å². The van der Waals surface area contributed by atoms with Crippen LogP contribution in [0.3, 0.4) is 0 Å². The zero-order chi connectivity index (χ0) is 14.4. The Hall–Kier alpha value is -1.52. The van der Waals surface area contributed by atoms with E-state index in [9.17, 15) is 9.59 Å². The predicted molar refractivity (Wildman–Crippen MR) is 73.6 cm³/mol. The maximum absolute atomic E-state index is 11.7. The number of allylic oxidation sites excluding steroid dienone is 1. The zero-order valence-electron chi connectivity index (χ0n) is 11.9. The minimum Gasteiger partial charge on any atom is -0.480 e. The first-order valence-electron chi connectivity index (χ1n) is 6.88. The summed E-state index contributed by atoms with van der Waals surface area (Å²) in [6, 6.07) is -1.32. The molecule has 1 aliphatic carbocycles. The molecule has 2 amide bonds. The summed E-state index contributed by atoms with van der Waals surface area (Å²) in [5, 5.41) is 14.1.